The lowest BCUT2D eigenvalue weighted by Crippen LogP contribution is -2.75. The number of hydrogen-bond donors (Lipinski definition) is 2. The van der Waals surface area contributed by atoms with E-state index >= 15 is 0 Å². The summed E-state index contributed by atoms with van der Waals surface area (Å²) in [6.45, 7) is 2.51. The van der Waals surface area contributed by atoms with Crippen molar-refractivity contribution in [1.29, 1.82) is 0 Å². The highest BCUT2D eigenvalue weighted by atomic mass is 35.5. The maximum Gasteiger partial charge on any atom is 0.334 e. The second-order valence-electron chi connectivity index (χ2n) is 7.16. The summed E-state index contributed by atoms with van der Waals surface area (Å²) in [5.74, 6) is -3.37. The summed E-state index contributed by atoms with van der Waals surface area (Å²) in [7, 11) is 2.18. The molecule has 0 aliphatic rings. The Hall–Kier alpha value is -3.10. The van der Waals surface area contributed by atoms with Gasteiger partial charge in [0.15, 0.2) is 11.1 Å². The van der Waals surface area contributed by atoms with Gasteiger partial charge in [0, 0.05) is 21.2 Å². The Morgan fingerprint density at radius 2 is 0.938 bits per heavy atom. The minimum atomic E-state index is -2.06. The fourth-order valence-electron chi connectivity index (χ4n) is 2.97. The van der Waals surface area contributed by atoms with Gasteiger partial charge in [-0.05, 0) is 62.4 Å². The number of ether oxygens (including phenoxy) is 2. The van der Waals surface area contributed by atoms with E-state index < -0.39 is 34.8 Å². The second-order valence-corrected chi connectivity index (χ2v) is 8.03. The van der Waals surface area contributed by atoms with E-state index in [2.05, 4.69) is 10.6 Å². The summed E-state index contributed by atoms with van der Waals surface area (Å²) in [4.78, 5) is 51.5. The minimum absolute atomic E-state index is 0.167. The molecule has 0 aliphatic heterocycles. The van der Waals surface area contributed by atoms with Crippen LogP contribution in [0.1, 0.15) is 34.6 Å². The van der Waals surface area contributed by atoms with Gasteiger partial charge in [0.25, 0.3) is 11.8 Å². The van der Waals surface area contributed by atoms with Crippen molar-refractivity contribution in [3.8, 4) is 0 Å². The van der Waals surface area contributed by atoms with E-state index in [0.717, 1.165) is 14.2 Å². The molecule has 170 valence electrons. The Kier molecular flexibility index (Phi) is 7.87. The Balaban J connectivity index is 2.51. The lowest BCUT2D eigenvalue weighted by molar-refractivity contribution is -0.162. The molecule has 2 atom stereocenters. The Bertz CT molecular complexity index is 942. The molecule has 0 heterocycles. The summed E-state index contributed by atoms with van der Waals surface area (Å²) >= 11 is 11.7. The molecular formula is C22H22Cl2N2O6. The summed E-state index contributed by atoms with van der Waals surface area (Å²) in [6.07, 6.45) is 0. The van der Waals surface area contributed by atoms with Crippen LogP contribution in [0, 0.1) is 0 Å². The van der Waals surface area contributed by atoms with Gasteiger partial charge >= 0.3 is 11.9 Å². The summed E-state index contributed by atoms with van der Waals surface area (Å²) < 4.78 is 9.73. The Morgan fingerprint density at radius 1 is 0.656 bits per heavy atom. The van der Waals surface area contributed by atoms with Crippen LogP contribution in [-0.4, -0.2) is 49.1 Å². The largest absolute Gasteiger partial charge is 0.467 e. The average molecular weight is 481 g/mol. The highest BCUT2D eigenvalue weighted by molar-refractivity contribution is 6.31. The van der Waals surface area contributed by atoms with Crippen molar-refractivity contribution in [2.75, 3.05) is 14.2 Å². The van der Waals surface area contributed by atoms with Gasteiger partial charge in [-0.2, -0.15) is 0 Å². The number of halogens is 2. The third-order valence-corrected chi connectivity index (χ3v) is 5.63. The number of rotatable bonds is 7. The number of methoxy groups -OCH3 is 2. The summed E-state index contributed by atoms with van der Waals surface area (Å²) in [5.41, 5.74) is -3.79. The lowest BCUT2D eigenvalue weighted by Gasteiger charge is -2.42. The molecular weight excluding hydrogens is 459 g/mol. The van der Waals surface area contributed by atoms with Gasteiger partial charge in [-0.1, -0.05) is 23.2 Å². The molecule has 0 fully saturated rings. The molecule has 0 saturated heterocycles. The van der Waals surface area contributed by atoms with Crippen LogP contribution in [0.15, 0.2) is 48.5 Å². The predicted octanol–water partition coefficient (Wildman–Crippen LogP) is 3.02. The zero-order chi connectivity index (χ0) is 24.1. The minimum Gasteiger partial charge on any atom is -0.467 e. The van der Waals surface area contributed by atoms with Gasteiger partial charge in [0.2, 0.25) is 0 Å². The number of hydrogen-bond acceptors (Lipinski definition) is 6. The van der Waals surface area contributed by atoms with E-state index in [-0.39, 0.29) is 11.1 Å². The topological polar surface area (TPSA) is 111 Å². The van der Waals surface area contributed by atoms with Crippen LogP contribution >= 0.6 is 23.2 Å². The highest BCUT2D eigenvalue weighted by Crippen LogP contribution is 2.27. The van der Waals surface area contributed by atoms with E-state index in [0.29, 0.717) is 10.0 Å². The van der Waals surface area contributed by atoms with Crippen molar-refractivity contribution in [2.24, 2.45) is 0 Å². The molecule has 0 aliphatic carbocycles. The van der Waals surface area contributed by atoms with Crippen LogP contribution in [0.2, 0.25) is 10.0 Å². The van der Waals surface area contributed by atoms with E-state index in [9.17, 15) is 19.2 Å². The van der Waals surface area contributed by atoms with E-state index in [1.165, 1.54) is 62.4 Å². The quantitative estimate of drug-likeness (QED) is 0.589. The molecule has 2 N–H and O–H groups in total. The van der Waals surface area contributed by atoms with Gasteiger partial charge < -0.3 is 20.1 Å². The van der Waals surface area contributed by atoms with Crippen molar-refractivity contribution in [2.45, 2.75) is 24.9 Å². The fraction of sp³-hybridized carbons (Fsp3) is 0.273. The predicted molar refractivity (Wildman–Crippen MR) is 119 cm³/mol. The van der Waals surface area contributed by atoms with Gasteiger partial charge in [0.05, 0.1) is 14.2 Å². The Labute approximate surface area is 195 Å². The van der Waals surface area contributed by atoms with Crippen molar-refractivity contribution in [3.05, 3.63) is 69.7 Å². The first-order valence-electron chi connectivity index (χ1n) is 9.31. The summed E-state index contributed by atoms with van der Waals surface area (Å²) in [5, 5.41) is 5.84. The first-order valence-corrected chi connectivity index (χ1v) is 10.1. The maximum atomic E-state index is 12.9. The van der Waals surface area contributed by atoms with E-state index in [1.54, 1.807) is 0 Å². The monoisotopic (exact) mass is 480 g/mol. The van der Waals surface area contributed by atoms with Crippen molar-refractivity contribution in [1.82, 2.24) is 10.6 Å². The molecule has 0 unspecified atom stereocenters. The molecule has 32 heavy (non-hydrogen) atoms. The Morgan fingerprint density at radius 3 is 1.19 bits per heavy atom. The first kappa shape index (κ1) is 25.2. The van der Waals surface area contributed by atoms with Gasteiger partial charge in [0.1, 0.15) is 0 Å². The molecule has 0 aromatic heterocycles. The van der Waals surface area contributed by atoms with Crippen LogP contribution in [0.4, 0.5) is 0 Å². The SMILES string of the molecule is COC(=O)[C@](C)(NC(=O)c1ccc(Cl)cc1)[C@@](C)(NC(=O)c1ccc(Cl)cc1)C(=O)OC. The van der Waals surface area contributed by atoms with Gasteiger partial charge in [-0.15, -0.1) is 0 Å². The number of benzene rings is 2. The molecule has 2 amide bonds. The summed E-state index contributed by atoms with van der Waals surface area (Å²) in [6, 6.07) is 11.7. The fourth-order valence-corrected chi connectivity index (χ4v) is 3.22. The lowest BCUT2D eigenvalue weighted by atomic mass is 9.78. The van der Waals surface area contributed by atoms with Crippen LogP contribution < -0.4 is 10.6 Å². The van der Waals surface area contributed by atoms with Gasteiger partial charge in [-0.25, -0.2) is 9.59 Å². The standard InChI is InChI=1S/C22H22Cl2N2O6/c1-21(19(29)31-3,25-17(27)13-5-9-15(23)10-6-13)22(2,20(30)32-4)26-18(28)14-7-11-16(24)12-8-14/h5-12H,1-4H3,(H,25,27)(H,26,28)/t21-,22-/m0/s1. The molecule has 0 bridgehead atoms. The van der Waals surface area contributed by atoms with E-state index in [1.807, 2.05) is 0 Å². The molecule has 0 spiro atoms. The second kappa shape index (κ2) is 10.0. The normalized spacial score (nSPS) is 14.3. The molecule has 0 radical (unpaired) electrons. The number of amides is 2. The smallest absolute Gasteiger partial charge is 0.334 e. The number of esters is 2. The average Bonchev–Trinajstić information content (AvgIpc) is 2.78. The van der Waals surface area contributed by atoms with Crippen molar-refractivity contribution in [3.63, 3.8) is 0 Å². The van der Waals surface area contributed by atoms with Crippen LogP contribution in [-0.2, 0) is 19.1 Å². The molecule has 2 aromatic rings. The number of carbonyl (C=O) groups is 4. The highest BCUT2D eigenvalue weighted by Gasteiger charge is 2.59. The zero-order valence-electron chi connectivity index (χ0n) is 17.8. The van der Waals surface area contributed by atoms with Crippen molar-refractivity contribution < 1.29 is 28.7 Å². The third kappa shape index (κ3) is 5.03. The van der Waals surface area contributed by atoms with Crippen LogP contribution in [0.25, 0.3) is 0 Å². The van der Waals surface area contributed by atoms with Crippen LogP contribution in [0.5, 0.6) is 0 Å². The van der Waals surface area contributed by atoms with Crippen molar-refractivity contribution >= 4 is 47.0 Å². The zero-order valence-corrected chi connectivity index (χ0v) is 19.3. The third-order valence-electron chi connectivity index (χ3n) is 5.13. The van der Waals surface area contributed by atoms with Crippen LogP contribution in [0.3, 0.4) is 0 Å². The number of nitrogens with one attached hydrogen (secondary N) is 2. The molecule has 2 aromatic carbocycles. The molecule has 10 heteroatoms. The molecule has 2 rings (SSSR count). The molecule has 0 saturated carbocycles. The maximum absolute atomic E-state index is 12.9. The molecule has 8 nitrogen and oxygen atoms in total. The van der Waals surface area contributed by atoms with E-state index in [4.69, 9.17) is 32.7 Å². The first-order chi connectivity index (χ1) is 15.0. The number of carbonyl (C=O) groups excluding carboxylic acids is 4. The van der Waals surface area contributed by atoms with Gasteiger partial charge in [-0.3, -0.25) is 9.59 Å².